The number of amides is 1. The Bertz CT molecular complexity index is 269. The average molecular weight is 213 g/mol. The van der Waals surface area contributed by atoms with E-state index in [1.165, 1.54) is 19.3 Å². The minimum atomic E-state index is -0.171. The molecule has 78 valence electrons. The van der Waals surface area contributed by atoms with Gasteiger partial charge < -0.3 is 11.1 Å². The van der Waals surface area contributed by atoms with Crippen LogP contribution in [0.3, 0.4) is 0 Å². The lowest BCUT2D eigenvalue weighted by Gasteiger charge is -2.22. The first-order valence-electron chi connectivity index (χ1n) is 4.97. The third-order valence-corrected chi connectivity index (χ3v) is 3.77. The van der Waals surface area contributed by atoms with Crippen LogP contribution in [-0.4, -0.2) is 16.4 Å². The van der Waals surface area contributed by atoms with Crippen molar-refractivity contribution in [2.75, 3.05) is 0 Å². The van der Waals surface area contributed by atoms with Crippen molar-refractivity contribution in [2.24, 2.45) is 17.6 Å². The molecule has 0 saturated heterocycles. The molecule has 0 spiro atoms. The number of nitrogens with two attached hydrogens (primary N) is 1. The fourth-order valence-electron chi connectivity index (χ4n) is 2.70. The summed E-state index contributed by atoms with van der Waals surface area (Å²) in [6.07, 6.45) is 4.97. The average Bonchev–Trinajstić information content (AvgIpc) is 2.62. The highest BCUT2D eigenvalue weighted by Gasteiger charge is 2.40. The Morgan fingerprint density at radius 3 is 2.71 bits per heavy atom. The number of thioether (sulfide) groups is 1. The molecule has 3 unspecified atom stereocenters. The second kappa shape index (κ2) is 3.81. The van der Waals surface area contributed by atoms with Crippen molar-refractivity contribution in [1.29, 1.82) is 5.41 Å². The van der Waals surface area contributed by atoms with Crippen molar-refractivity contribution in [2.45, 2.75) is 31.7 Å². The molecule has 2 rings (SSSR count). The summed E-state index contributed by atoms with van der Waals surface area (Å²) in [6.45, 7) is 0. The SMILES string of the molecule is N=C(N)SC(=O)NC1CC2CCC1C2. The molecule has 0 aromatic carbocycles. The van der Waals surface area contributed by atoms with E-state index in [-0.39, 0.29) is 10.4 Å². The molecule has 0 radical (unpaired) electrons. The largest absolute Gasteiger partial charge is 0.378 e. The zero-order valence-corrected chi connectivity index (χ0v) is 8.77. The second-order valence-corrected chi connectivity index (χ2v) is 5.19. The summed E-state index contributed by atoms with van der Waals surface area (Å²) in [6, 6.07) is 0.341. The Morgan fingerprint density at radius 2 is 2.21 bits per heavy atom. The number of hydrogen-bond donors (Lipinski definition) is 3. The Balaban J connectivity index is 1.81. The first kappa shape index (κ1) is 9.83. The lowest BCUT2D eigenvalue weighted by molar-refractivity contribution is 0.251. The van der Waals surface area contributed by atoms with Crippen LogP contribution in [0.1, 0.15) is 25.7 Å². The van der Waals surface area contributed by atoms with Gasteiger partial charge in [-0.05, 0) is 31.1 Å². The quantitative estimate of drug-likeness (QED) is 0.456. The minimum Gasteiger partial charge on any atom is -0.378 e. The van der Waals surface area contributed by atoms with Gasteiger partial charge in [0.05, 0.1) is 0 Å². The molecule has 0 aliphatic heterocycles. The summed E-state index contributed by atoms with van der Waals surface area (Å²) >= 11 is 0.780. The summed E-state index contributed by atoms with van der Waals surface area (Å²) < 4.78 is 0. The maximum atomic E-state index is 11.3. The Morgan fingerprint density at radius 1 is 1.43 bits per heavy atom. The van der Waals surface area contributed by atoms with E-state index < -0.39 is 0 Å². The summed E-state index contributed by atoms with van der Waals surface area (Å²) in [4.78, 5) is 11.3. The van der Waals surface area contributed by atoms with E-state index in [4.69, 9.17) is 11.1 Å². The maximum absolute atomic E-state index is 11.3. The first-order chi connectivity index (χ1) is 6.65. The third-order valence-electron chi connectivity index (χ3n) is 3.24. The summed E-state index contributed by atoms with van der Waals surface area (Å²) in [5.41, 5.74) is 5.13. The van der Waals surface area contributed by atoms with E-state index in [9.17, 15) is 4.79 Å². The molecule has 0 aromatic heterocycles. The van der Waals surface area contributed by atoms with E-state index >= 15 is 0 Å². The summed E-state index contributed by atoms with van der Waals surface area (Å²) in [7, 11) is 0. The van der Waals surface area contributed by atoms with Gasteiger partial charge in [-0.15, -0.1) is 0 Å². The Labute approximate surface area is 87.5 Å². The predicted octanol–water partition coefficient (Wildman–Crippen LogP) is 1.51. The lowest BCUT2D eigenvalue weighted by Crippen LogP contribution is -2.37. The molecule has 2 aliphatic carbocycles. The monoisotopic (exact) mass is 213 g/mol. The van der Waals surface area contributed by atoms with Crippen molar-refractivity contribution < 1.29 is 4.79 Å². The molecule has 2 bridgehead atoms. The van der Waals surface area contributed by atoms with Gasteiger partial charge in [-0.25, -0.2) is 0 Å². The molecule has 2 fully saturated rings. The van der Waals surface area contributed by atoms with E-state index in [0.717, 1.165) is 24.1 Å². The van der Waals surface area contributed by atoms with Crippen LogP contribution in [0, 0.1) is 17.2 Å². The van der Waals surface area contributed by atoms with Crippen molar-refractivity contribution in [1.82, 2.24) is 5.32 Å². The molecular weight excluding hydrogens is 198 g/mol. The molecule has 5 heteroatoms. The molecule has 2 saturated carbocycles. The van der Waals surface area contributed by atoms with Crippen molar-refractivity contribution in [3.63, 3.8) is 0 Å². The summed E-state index contributed by atoms with van der Waals surface area (Å²) in [5.74, 6) is 1.50. The standard InChI is InChI=1S/C9H15N3OS/c10-8(11)14-9(13)12-7-4-5-1-2-6(7)3-5/h5-7H,1-4H2,(H3,10,11)(H,12,13). The number of hydrogen-bond acceptors (Lipinski definition) is 3. The lowest BCUT2D eigenvalue weighted by atomic mass is 9.96. The molecule has 4 N–H and O–H groups in total. The van der Waals surface area contributed by atoms with Gasteiger partial charge in [0.15, 0.2) is 5.17 Å². The molecule has 0 aromatic rings. The molecule has 4 nitrogen and oxygen atoms in total. The van der Waals surface area contributed by atoms with Crippen LogP contribution in [0.5, 0.6) is 0 Å². The highest BCUT2D eigenvalue weighted by Crippen LogP contribution is 2.44. The number of carbonyl (C=O) groups excluding carboxylic acids is 1. The van der Waals surface area contributed by atoms with E-state index in [0.29, 0.717) is 12.0 Å². The normalized spacial score (nSPS) is 34.4. The molecule has 2 aliphatic rings. The topological polar surface area (TPSA) is 79.0 Å². The van der Waals surface area contributed by atoms with Gasteiger partial charge >= 0.3 is 0 Å². The number of fused-ring (bicyclic) bond motifs is 2. The van der Waals surface area contributed by atoms with Gasteiger partial charge in [-0.3, -0.25) is 10.2 Å². The number of carbonyl (C=O) groups is 1. The third kappa shape index (κ3) is 2.03. The fourth-order valence-corrected chi connectivity index (χ4v) is 3.11. The van der Waals surface area contributed by atoms with Gasteiger partial charge in [0.1, 0.15) is 0 Å². The maximum Gasteiger partial charge on any atom is 0.286 e. The molecule has 0 heterocycles. The molecule has 1 amide bonds. The van der Waals surface area contributed by atoms with Gasteiger partial charge in [0.25, 0.3) is 5.24 Å². The number of rotatable bonds is 1. The van der Waals surface area contributed by atoms with Crippen LogP contribution in [0.4, 0.5) is 4.79 Å². The number of amidine groups is 1. The molecule has 3 atom stereocenters. The van der Waals surface area contributed by atoms with Crippen molar-refractivity contribution >= 4 is 22.2 Å². The van der Waals surface area contributed by atoms with Crippen molar-refractivity contribution in [3.05, 3.63) is 0 Å². The van der Waals surface area contributed by atoms with E-state index in [1.807, 2.05) is 0 Å². The zero-order chi connectivity index (χ0) is 10.1. The Kier molecular flexibility index (Phi) is 2.67. The van der Waals surface area contributed by atoms with E-state index in [2.05, 4.69) is 5.32 Å². The van der Waals surface area contributed by atoms with Gasteiger partial charge in [0.2, 0.25) is 0 Å². The van der Waals surface area contributed by atoms with Gasteiger partial charge in [-0.1, -0.05) is 6.42 Å². The first-order valence-corrected chi connectivity index (χ1v) is 5.79. The second-order valence-electron chi connectivity index (χ2n) is 4.18. The van der Waals surface area contributed by atoms with Crippen LogP contribution in [-0.2, 0) is 0 Å². The summed E-state index contributed by atoms with van der Waals surface area (Å²) in [5, 5.41) is 9.62. The van der Waals surface area contributed by atoms with Crippen LogP contribution in [0.25, 0.3) is 0 Å². The zero-order valence-electron chi connectivity index (χ0n) is 7.95. The molecule has 14 heavy (non-hydrogen) atoms. The number of nitrogens with one attached hydrogen (secondary N) is 2. The fraction of sp³-hybridized carbons (Fsp3) is 0.778. The van der Waals surface area contributed by atoms with E-state index in [1.54, 1.807) is 0 Å². The van der Waals surface area contributed by atoms with Crippen LogP contribution >= 0.6 is 11.8 Å². The predicted molar refractivity (Wildman–Crippen MR) is 57.3 cm³/mol. The molecular formula is C9H15N3OS. The van der Waals surface area contributed by atoms with Crippen LogP contribution in [0.2, 0.25) is 0 Å². The smallest absolute Gasteiger partial charge is 0.286 e. The van der Waals surface area contributed by atoms with Crippen molar-refractivity contribution in [3.8, 4) is 0 Å². The van der Waals surface area contributed by atoms with Crippen LogP contribution in [0.15, 0.2) is 0 Å². The van der Waals surface area contributed by atoms with Gasteiger partial charge in [0, 0.05) is 17.8 Å². The highest BCUT2D eigenvalue weighted by atomic mass is 32.2. The highest BCUT2D eigenvalue weighted by molar-refractivity contribution is 8.26. The van der Waals surface area contributed by atoms with Crippen LogP contribution < -0.4 is 11.1 Å². The Hall–Kier alpha value is -0.710. The minimum absolute atomic E-state index is 0.134. The van der Waals surface area contributed by atoms with Gasteiger partial charge in [-0.2, -0.15) is 0 Å².